The summed E-state index contributed by atoms with van der Waals surface area (Å²) in [5.41, 5.74) is 1.18. The number of hydrogen-bond donors (Lipinski definition) is 1. The van der Waals surface area contributed by atoms with E-state index in [-0.39, 0.29) is 0 Å². The van der Waals surface area contributed by atoms with E-state index in [1.807, 2.05) is 18.3 Å². The molecule has 0 atom stereocenters. The van der Waals surface area contributed by atoms with Crippen LogP contribution >= 0.6 is 0 Å². The Hall–Kier alpha value is -2.01. The van der Waals surface area contributed by atoms with Crippen LogP contribution in [0.1, 0.15) is 30.3 Å². The lowest BCUT2D eigenvalue weighted by Gasteiger charge is -2.25. The smallest absolute Gasteiger partial charge is 0.161 e. The van der Waals surface area contributed by atoms with Gasteiger partial charge in [-0.25, -0.2) is 4.98 Å². The predicted octanol–water partition coefficient (Wildman–Crippen LogP) is 2.42. The molecule has 2 heterocycles. The lowest BCUT2D eigenvalue weighted by atomic mass is 10.1. The normalized spacial score (nSPS) is 15.7. The third kappa shape index (κ3) is 3.09. The largest absolute Gasteiger partial charge is 0.493 e. The van der Waals surface area contributed by atoms with E-state index in [0.29, 0.717) is 6.04 Å². The summed E-state index contributed by atoms with van der Waals surface area (Å²) in [6, 6.07) is 6.61. The number of methoxy groups -OCH3 is 2. The molecule has 0 bridgehead atoms. The molecule has 5 heteroatoms. The molecular formula is C17H23N3O2. The van der Waals surface area contributed by atoms with Crippen molar-refractivity contribution in [3.63, 3.8) is 0 Å². The molecule has 0 amide bonds. The van der Waals surface area contributed by atoms with Crippen molar-refractivity contribution < 1.29 is 9.47 Å². The van der Waals surface area contributed by atoms with Crippen LogP contribution in [0, 0.1) is 0 Å². The average molecular weight is 301 g/mol. The second-order valence-corrected chi connectivity index (χ2v) is 5.60. The third-order valence-electron chi connectivity index (χ3n) is 4.26. The summed E-state index contributed by atoms with van der Waals surface area (Å²) in [6.07, 6.45) is 7.13. The number of benzene rings is 1. The molecule has 1 N–H and O–H groups in total. The van der Waals surface area contributed by atoms with Crippen LogP contribution in [0.25, 0.3) is 0 Å². The van der Waals surface area contributed by atoms with Gasteiger partial charge in [0, 0.05) is 24.9 Å². The van der Waals surface area contributed by atoms with Crippen LogP contribution in [0.3, 0.4) is 0 Å². The summed E-state index contributed by atoms with van der Waals surface area (Å²) in [4.78, 5) is 4.56. The molecule has 118 valence electrons. The number of ether oxygens (including phenoxy) is 2. The number of rotatable bonds is 5. The molecule has 1 aromatic carbocycles. The highest BCUT2D eigenvalue weighted by atomic mass is 16.5. The molecule has 0 aliphatic carbocycles. The Bertz CT molecular complexity index is 618. The number of piperidine rings is 1. The van der Waals surface area contributed by atoms with Gasteiger partial charge in [0.15, 0.2) is 11.5 Å². The van der Waals surface area contributed by atoms with Gasteiger partial charge in [0.1, 0.15) is 5.82 Å². The molecule has 1 aliphatic heterocycles. The zero-order valence-corrected chi connectivity index (χ0v) is 13.2. The molecule has 5 nitrogen and oxygen atoms in total. The van der Waals surface area contributed by atoms with Gasteiger partial charge in [-0.05, 0) is 43.6 Å². The van der Waals surface area contributed by atoms with Crippen molar-refractivity contribution in [2.45, 2.75) is 25.3 Å². The van der Waals surface area contributed by atoms with Crippen molar-refractivity contribution in [3.8, 4) is 11.5 Å². The van der Waals surface area contributed by atoms with Crippen molar-refractivity contribution in [3.05, 3.63) is 42.0 Å². The van der Waals surface area contributed by atoms with Gasteiger partial charge in [0.25, 0.3) is 0 Å². The van der Waals surface area contributed by atoms with Crippen LogP contribution in [-0.4, -0.2) is 36.9 Å². The number of nitrogens with zero attached hydrogens (tertiary/aromatic N) is 2. The van der Waals surface area contributed by atoms with Crippen molar-refractivity contribution in [2.24, 2.45) is 0 Å². The summed E-state index contributed by atoms with van der Waals surface area (Å²) in [6.45, 7) is 2.16. The average Bonchev–Trinajstić information content (AvgIpc) is 3.03. The van der Waals surface area contributed by atoms with Gasteiger partial charge in [-0.15, -0.1) is 0 Å². The molecule has 1 aliphatic rings. The summed E-state index contributed by atoms with van der Waals surface area (Å²) in [7, 11) is 3.32. The number of imidazole rings is 1. The van der Waals surface area contributed by atoms with Crippen LogP contribution in [0.2, 0.25) is 0 Å². The van der Waals surface area contributed by atoms with E-state index < -0.39 is 0 Å². The van der Waals surface area contributed by atoms with E-state index in [0.717, 1.165) is 49.7 Å². The van der Waals surface area contributed by atoms with E-state index in [1.54, 1.807) is 14.2 Å². The maximum absolute atomic E-state index is 5.38. The zero-order valence-electron chi connectivity index (χ0n) is 13.2. The SMILES string of the molecule is COc1ccc(Cc2nccn2C2CCNCC2)cc1OC. The van der Waals surface area contributed by atoms with E-state index in [4.69, 9.17) is 9.47 Å². The maximum Gasteiger partial charge on any atom is 0.161 e. The first-order valence-corrected chi connectivity index (χ1v) is 7.75. The van der Waals surface area contributed by atoms with Gasteiger partial charge in [-0.1, -0.05) is 6.07 Å². The Balaban J connectivity index is 1.80. The molecule has 2 aromatic rings. The van der Waals surface area contributed by atoms with Gasteiger partial charge in [0.05, 0.1) is 14.2 Å². The zero-order chi connectivity index (χ0) is 15.4. The van der Waals surface area contributed by atoms with Gasteiger partial charge in [-0.3, -0.25) is 0 Å². The first-order chi connectivity index (χ1) is 10.8. The topological polar surface area (TPSA) is 48.3 Å². The molecule has 0 saturated carbocycles. The van der Waals surface area contributed by atoms with Crippen molar-refractivity contribution >= 4 is 0 Å². The predicted molar refractivity (Wildman–Crippen MR) is 85.7 cm³/mol. The molecule has 0 radical (unpaired) electrons. The Labute approximate surface area is 131 Å². The quantitative estimate of drug-likeness (QED) is 0.921. The van der Waals surface area contributed by atoms with Crippen molar-refractivity contribution in [2.75, 3.05) is 27.3 Å². The number of nitrogens with one attached hydrogen (secondary N) is 1. The Kier molecular flexibility index (Phi) is 4.63. The molecule has 22 heavy (non-hydrogen) atoms. The monoisotopic (exact) mass is 301 g/mol. The Morgan fingerprint density at radius 3 is 2.68 bits per heavy atom. The van der Waals surface area contributed by atoms with Gasteiger partial charge in [-0.2, -0.15) is 0 Å². The molecule has 0 spiro atoms. The number of aromatic nitrogens is 2. The molecule has 0 unspecified atom stereocenters. The fraction of sp³-hybridized carbons (Fsp3) is 0.471. The second-order valence-electron chi connectivity index (χ2n) is 5.60. The fourth-order valence-electron chi connectivity index (χ4n) is 3.07. The van der Waals surface area contributed by atoms with Crippen LogP contribution in [0.15, 0.2) is 30.6 Å². The Morgan fingerprint density at radius 2 is 1.95 bits per heavy atom. The standard InChI is InChI=1S/C17H23N3O2/c1-21-15-4-3-13(11-16(15)22-2)12-17-19-9-10-20(17)14-5-7-18-8-6-14/h3-4,9-11,14,18H,5-8,12H2,1-2H3. The minimum atomic E-state index is 0.555. The lowest BCUT2D eigenvalue weighted by Crippen LogP contribution is -2.29. The summed E-state index contributed by atoms with van der Waals surface area (Å²) in [5.74, 6) is 2.63. The highest BCUT2D eigenvalue weighted by molar-refractivity contribution is 5.43. The van der Waals surface area contributed by atoms with Crippen LogP contribution in [0.5, 0.6) is 11.5 Å². The van der Waals surface area contributed by atoms with Crippen molar-refractivity contribution in [1.82, 2.24) is 14.9 Å². The molecule has 3 rings (SSSR count). The summed E-state index contributed by atoms with van der Waals surface area (Å²) < 4.78 is 13.0. The van der Waals surface area contributed by atoms with Gasteiger partial charge >= 0.3 is 0 Å². The molecular weight excluding hydrogens is 278 g/mol. The minimum Gasteiger partial charge on any atom is -0.493 e. The van der Waals surface area contributed by atoms with E-state index >= 15 is 0 Å². The maximum atomic E-state index is 5.38. The lowest BCUT2D eigenvalue weighted by molar-refractivity contribution is 0.354. The van der Waals surface area contributed by atoms with E-state index in [2.05, 4.69) is 27.1 Å². The third-order valence-corrected chi connectivity index (χ3v) is 4.26. The van der Waals surface area contributed by atoms with Crippen molar-refractivity contribution in [1.29, 1.82) is 0 Å². The summed E-state index contributed by atoms with van der Waals surface area (Å²) in [5, 5.41) is 3.41. The first-order valence-electron chi connectivity index (χ1n) is 7.75. The molecule has 1 aromatic heterocycles. The Morgan fingerprint density at radius 1 is 1.18 bits per heavy atom. The molecule has 1 fully saturated rings. The minimum absolute atomic E-state index is 0.555. The van der Waals surface area contributed by atoms with E-state index in [9.17, 15) is 0 Å². The van der Waals surface area contributed by atoms with Gasteiger partial charge < -0.3 is 19.4 Å². The highest BCUT2D eigenvalue weighted by Crippen LogP contribution is 2.29. The second kappa shape index (κ2) is 6.83. The number of hydrogen-bond acceptors (Lipinski definition) is 4. The highest BCUT2D eigenvalue weighted by Gasteiger charge is 2.17. The van der Waals surface area contributed by atoms with Crippen LogP contribution in [0.4, 0.5) is 0 Å². The fourth-order valence-corrected chi connectivity index (χ4v) is 3.07. The van der Waals surface area contributed by atoms with Crippen LogP contribution in [-0.2, 0) is 6.42 Å². The summed E-state index contributed by atoms with van der Waals surface area (Å²) >= 11 is 0. The van der Waals surface area contributed by atoms with Crippen LogP contribution < -0.4 is 14.8 Å². The first kappa shape index (κ1) is 14.9. The van der Waals surface area contributed by atoms with E-state index in [1.165, 1.54) is 5.56 Å². The van der Waals surface area contributed by atoms with Gasteiger partial charge in [0.2, 0.25) is 0 Å². The molecule has 1 saturated heterocycles.